The summed E-state index contributed by atoms with van der Waals surface area (Å²) in [6.45, 7) is 3.62. The van der Waals surface area contributed by atoms with E-state index >= 15 is 0 Å². The molecule has 148 valence electrons. The van der Waals surface area contributed by atoms with Gasteiger partial charge in [-0.1, -0.05) is 18.2 Å². The Kier molecular flexibility index (Phi) is 5.40. The van der Waals surface area contributed by atoms with Crippen molar-refractivity contribution in [3.63, 3.8) is 0 Å². The lowest BCUT2D eigenvalue weighted by Gasteiger charge is -2.25. The highest BCUT2D eigenvalue weighted by atomic mass is 32.1. The molecule has 2 atom stereocenters. The zero-order valence-electron chi connectivity index (χ0n) is 16.2. The van der Waals surface area contributed by atoms with Crippen LogP contribution >= 0.6 is 11.3 Å². The monoisotopic (exact) mass is 407 g/mol. The summed E-state index contributed by atoms with van der Waals surface area (Å²) in [5, 5.41) is 2.63. The highest BCUT2D eigenvalue weighted by molar-refractivity contribution is 7.13. The SMILES string of the molecule is C[C@H](OC(=O)Cc1csc(-c2cccnc2)n1)C(=O)N1c2ccccc2C[C@H]1C. The Balaban J connectivity index is 1.39. The Morgan fingerprint density at radius 1 is 1.28 bits per heavy atom. The molecule has 0 bridgehead atoms. The van der Waals surface area contributed by atoms with Crippen molar-refractivity contribution in [2.75, 3.05) is 4.90 Å². The number of fused-ring (bicyclic) bond motifs is 1. The van der Waals surface area contributed by atoms with Crippen LogP contribution in [0.5, 0.6) is 0 Å². The number of carbonyl (C=O) groups is 2. The maximum atomic E-state index is 12.9. The number of benzene rings is 1. The minimum atomic E-state index is -0.854. The number of amides is 1. The Bertz CT molecular complexity index is 1030. The highest BCUT2D eigenvalue weighted by Gasteiger charge is 2.34. The van der Waals surface area contributed by atoms with Gasteiger partial charge in [-0.15, -0.1) is 11.3 Å². The summed E-state index contributed by atoms with van der Waals surface area (Å²) in [6, 6.07) is 11.6. The van der Waals surface area contributed by atoms with E-state index in [4.69, 9.17) is 4.74 Å². The van der Waals surface area contributed by atoms with Gasteiger partial charge in [0.15, 0.2) is 6.10 Å². The van der Waals surface area contributed by atoms with Gasteiger partial charge in [-0.05, 0) is 44.0 Å². The molecule has 0 fully saturated rings. The number of thiazole rings is 1. The van der Waals surface area contributed by atoms with Crippen molar-refractivity contribution in [1.82, 2.24) is 9.97 Å². The van der Waals surface area contributed by atoms with Crippen LogP contribution in [-0.2, 0) is 27.2 Å². The standard InChI is InChI=1S/C22H21N3O3S/c1-14-10-16-6-3-4-8-19(16)25(14)22(27)15(2)28-20(26)11-18-13-29-21(24-18)17-7-5-9-23-12-17/h3-9,12-15H,10-11H2,1-2H3/t14-,15+/m1/s1. The van der Waals surface area contributed by atoms with Crippen LogP contribution in [0.3, 0.4) is 0 Å². The average molecular weight is 407 g/mol. The number of carbonyl (C=O) groups excluding carboxylic acids is 2. The normalized spacial score (nSPS) is 16.3. The summed E-state index contributed by atoms with van der Waals surface area (Å²) in [4.78, 5) is 35.6. The van der Waals surface area contributed by atoms with Gasteiger partial charge >= 0.3 is 5.97 Å². The first-order valence-electron chi connectivity index (χ1n) is 9.48. The van der Waals surface area contributed by atoms with Crippen LogP contribution in [0.15, 0.2) is 54.2 Å². The highest BCUT2D eigenvalue weighted by Crippen LogP contribution is 2.32. The van der Waals surface area contributed by atoms with Crippen LogP contribution in [0.4, 0.5) is 5.69 Å². The molecule has 1 aliphatic rings. The first kappa shape index (κ1) is 19.3. The Morgan fingerprint density at radius 3 is 2.90 bits per heavy atom. The average Bonchev–Trinajstić information content (AvgIpc) is 3.31. The first-order chi connectivity index (χ1) is 14.0. The van der Waals surface area contributed by atoms with Crippen LogP contribution in [-0.4, -0.2) is 34.0 Å². The molecule has 0 radical (unpaired) electrons. The van der Waals surface area contributed by atoms with E-state index in [1.165, 1.54) is 11.3 Å². The van der Waals surface area contributed by atoms with Gasteiger partial charge in [0.2, 0.25) is 0 Å². The molecular weight excluding hydrogens is 386 g/mol. The molecule has 1 aliphatic heterocycles. The van der Waals surface area contributed by atoms with Crippen molar-refractivity contribution in [1.29, 1.82) is 0 Å². The molecule has 0 aliphatic carbocycles. The smallest absolute Gasteiger partial charge is 0.312 e. The molecule has 0 N–H and O–H groups in total. The second-order valence-corrected chi connectivity index (χ2v) is 7.94. The summed E-state index contributed by atoms with van der Waals surface area (Å²) in [5.41, 5.74) is 3.56. The number of esters is 1. The molecule has 6 nitrogen and oxygen atoms in total. The number of nitrogens with zero attached hydrogens (tertiary/aromatic N) is 3. The van der Waals surface area contributed by atoms with Crippen molar-refractivity contribution >= 4 is 28.9 Å². The van der Waals surface area contributed by atoms with Crippen LogP contribution in [0.2, 0.25) is 0 Å². The second kappa shape index (κ2) is 8.13. The molecule has 1 aromatic carbocycles. The van der Waals surface area contributed by atoms with Gasteiger partial charge in [0.05, 0.1) is 12.1 Å². The zero-order valence-corrected chi connectivity index (χ0v) is 17.1. The van der Waals surface area contributed by atoms with Crippen molar-refractivity contribution in [3.8, 4) is 10.6 Å². The lowest BCUT2D eigenvalue weighted by molar-refractivity contribution is -0.153. The van der Waals surface area contributed by atoms with Crippen LogP contribution < -0.4 is 4.90 Å². The molecule has 3 aromatic rings. The van der Waals surface area contributed by atoms with E-state index in [0.717, 1.165) is 28.2 Å². The summed E-state index contributed by atoms with van der Waals surface area (Å²) in [7, 11) is 0. The van der Waals surface area contributed by atoms with Gasteiger partial charge in [-0.25, -0.2) is 4.98 Å². The first-order valence-corrected chi connectivity index (χ1v) is 10.4. The van der Waals surface area contributed by atoms with Gasteiger partial charge in [0.25, 0.3) is 5.91 Å². The molecule has 0 saturated heterocycles. The number of hydrogen-bond acceptors (Lipinski definition) is 6. The molecule has 0 saturated carbocycles. The molecule has 29 heavy (non-hydrogen) atoms. The molecule has 2 aromatic heterocycles. The summed E-state index contributed by atoms with van der Waals surface area (Å²) >= 11 is 1.45. The molecule has 4 rings (SSSR count). The molecule has 7 heteroatoms. The number of rotatable bonds is 5. The van der Waals surface area contributed by atoms with Gasteiger partial charge < -0.3 is 9.64 Å². The maximum Gasteiger partial charge on any atom is 0.312 e. The van der Waals surface area contributed by atoms with Gasteiger partial charge in [0, 0.05) is 35.1 Å². The van der Waals surface area contributed by atoms with Gasteiger partial charge in [-0.3, -0.25) is 14.6 Å². The van der Waals surface area contributed by atoms with Crippen molar-refractivity contribution in [3.05, 3.63) is 65.4 Å². The lowest BCUT2D eigenvalue weighted by atomic mass is 10.1. The Hall–Kier alpha value is -3.06. The summed E-state index contributed by atoms with van der Waals surface area (Å²) in [6.07, 6.45) is 3.41. The minimum Gasteiger partial charge on any atom is -0.452 e. The fraction of sp³-hybridized carbons (Fsp3) is 0.273. The zero-order chi connectivity index (χ0) is 20.4. The predicted molar refractivity (Wildman–Crippen MR) is 112 cm³/mol. The number of para-hydroxylation sites is 1. The number of ether oxygens (including phenoxy) is 1. The van der Waals surface area contributed by atoms with Crippen molar-refractivity contribution in [2.24, 2.45) is 0 Å². The van der Waals surface area contributed by atoms with Crippen LogP contribution in [0.25, 0.3) is 10.6 Å². The molecule has 1 amide bonds. The maximum absolute atomic E-state index is 12.9. The van der Waals surface area contributed by atoms with E-state index in [0.29, 0.717) is 5.69 Å². The van der Waals surface area contributed by atoms with E-state index in [-0.39, 0.29) is 18.4 Å². The van der Waals surface area contributed by atoms with E-state index in [2.05, 4.69) is 9.97 Å². The lowest BCUT2D eigenvalue weighted by Crippen LogP contribution is -2.43. The summed E-state index contributed by atoms with van der Waals surface area (Å²) < 4.78 is 5.43. The predicted octanol–water partition coefficient (Wildman–Crippen LogP) is 3.66. The van der Waals surface area contributed by atoms with Gasteiger partial charge in [0.1, 0.15) is 5.01 Å². The number of hydrogen-bond donors (Lipinski definition) is 0. The van der Waals surface area contributed by atoms with Crippen LogP contribution in [0.1, 0.15) is 25.1 Å². The van der Waals surface area contributed by atoms with Crippen molar-refractivity contribution < 1.29 is 14.3 Å². The number of aromatic nitrogens is 2. The largest absolute Gasteiger partial charge is 0.452 e. The number of pyridine rings is 1. The third-order valence-electron chi connectivity index (χ3n) is 4.89. The third-order valence-corrected chi connectivity index (χ3v) is 5.83. The Labute approximate surface area is 173 Å². The van der Waals surface area contributed by atoms with E-state index in [9.17, 15) is 9.59 Å². The molecule has 3 heterocycles. The minimum absolute atomic E-state index is 0.0283. The van der Waals surface area contributed by atoms with E-state index < -0.39 is 12.1 Å². The van der Waals surface area contributed by atoms with Crippen LogP contribution in [0, 0.1) is 0 Å². The summed E-state index contributed by atoms with van der Waals surface area (Å²) in [5.74, 6) is -0.667. The fourth-order valence-electron chi connectivity index (χ4n) is 3.54. The molecule has 0 spiro atoms. The number of anilines is 1. The van der Waals surface area contributed by atoms with Gasteiger partial charge in [-0.2, -0.15) is 0 Å². The molecular formula is C22H21N3O3S. The van der Waals surface area contributed by atoms with Crippen molar-refractivity contribution in [2.45, 2.75) is 38.8 Å². The quantitative estimate of drug-likeness (QED) is 0.604. The fourth-order valence-corrected chi connectivity index (χ4v) is 4.35. The topological polar surface area (TPSA) is 72.4 Å². The van der Waals surface area contributed by atoms with E-state index in [1.807, 2.05) is 48.7 Å². The third kappa shape index (κ3) is 4.05. The Morgan fingerprint density at radius 2 is 2.10 bits per heavy atom. The second-order valence-electron chi connectivity index (χ2n) is 7.08. The molecule has 0 unspecified atom stereocenters. The van der Waals surface area contributed by atoms with E-state index in [1.54, 1.807) is 24.2 Å².